The minimum absolute atomic E-state index is 0.0727. The number of thioether (sulfide) groups is 1. The van der Waals surface area contributed by atoms with Gasteiger partial charge in [-0.2, -0.15) is 0 Å². The summed E-state index contributed by atoms with van der Waals surface area (Å²) in [4.78, 5) is 26.5. The summed E-state index contributed by atoms with van der Waals surface area (Å²) < 4.78 is 5.57. The van der Waals surface area contributed by atoms with E-state index in [4.69, 9.17) is 4.74 Å². The molecule has 0 atom stereocenters. The summed E-state index contributed by atoms with van der Waals surface area (Å²) in [7, 11) is 0. The maximum Gasteiger partial charge on any atom is 0.230 e. The smallest absolute Gasteiger partial charge is 0.230 e. The molecule has 33 heavy (non-hydrogen) atoms. The molecule has 0 radical (unpaired) electrons. The van der Waals surface area contributed by atoms with E-state index in [1.54, 1.807) is 17.7 Å². The molecule has 0 spiro atoms. The van der Waals surface area contributed by atoms with Crippen LogP contribution < -0.4 is 5.32 Å². The fourth-order valence-corrected chi connectivity index (χ4v) is 6.87. The van der Waals surface area contributed by atoms with E-state index < -0.39 is 0 Å². The highest BCUT2D eigenvalue weighted by molar-refractivity contribution is 8.00. The number of hydrogen-bond acceptors (Lipinski definition) is 7. The van der Waals surface area contributed by atoms with E-state index in [9.17, 15) is 4.79 Å². The van der Waals surface area contributed by atoms with Crippen molar-refractivity contribution in [1.29, 1.82) is 0 Å². The van der Waals surface area contributed by atoms with Crippen LogP contribution in [0.1, 0.15) is 32.1 Å². The number of morpholine rings is 1. The van der Waals surface area contributed by atoms with Gasteiger partial charge in [0.05, 0.1) is 19.0 Å². The SMILES string of the molecule is O=C(CSc1ncnc2sc(-c3ccccc3)cc12)NCC1(N2CCOCC2)CCCCC1. The van der Waals surface area contributed by atoms with Crippen LogP contribution >= 0.6 is 23.1 Å². The molecule has 6 nitrogen and oxygen atoms in total. The Bertz CT molecular complexity index is 1080. The Kier molecular flexibility index (Phi) is 7.25. The maximum absolute atomic E-state index is 12.8. The molecule has 3 aromatic rings. The first-order valence-electron chi connectivity index (χ1n) is 11.8. The van der Waals surface area contributed by atoms with Gasteiger partial charge in [0.25, 0.3) is 0 Å². The topological polar surface area (TPSA) is 67.4 Å². The van der Waals surface area contributed by atoms with Gasteiger partial charge in [0.15, 0.2) is 0 Å². The Balaban J connectivity index is 1.23. The number of ether oxygens (including phenoxy) is 1. The Labute approximate surface area is 203 Å². The van der Waals surface area contributed by atoms with Crippen molar-refractivity contribution in [2.75, 3.05) is 38.6 Å². The summed E-state index contributed by atoms with van der Waals surface area (Å²) in [6.45, 7) is 4.24. The lowest BCUT2D eigenvalue weighted by atomic mass is 9.79. The van der Waals surface area contributed by atoms with E-state index in [0.717, 1.165) is 60.9 Å². The molecule has 1 aliphatic heterocycles. The molecule has 1 saturated carbocycles. The summed E-state index contributed by atoms with van der Waals surface area (Å²) >= 11 is 3.16. The molecular formula is C25H30N4O2S2. The van der Waals surface area contributed by atoms with Crippen LogP contribution in [0.15, 0.2) is 47.8 Å². The predicted molar refractivity (Wildman–Crippen MR) is 135 cm³/mol. The lowest BCUT2D eigenvalue weighted by Crippen LogP contribution is -2.59. The van der Waals surface area contributed by atoms with Gasteiger partial charge in [-0.1, -0.05) is 61.4 Å². The quantitative estimate of drug-likeness (QED) is 0.392. The number of fused-ring (bicyclic) bond motifs is 1. The molecule has 1 N–H and O–H groups in total. The minimum Gasteiger partial charge on any atom is -0.379 e. The van der Waals surface area contributed by atoms with Crippen LogP contribution in [0.4, 0.5) is 0 Å². The van der Waals surface area contributed by atoms with Gasteiger partial charge in [-0.15, -0.1) is 11.3 Å². The van der Waals surface area contributed by atoms with Crippen molar-refractivity contribution in [2.24, 2.45) is 0 Å². The van der Waals surface area contributed by atoms with Gasteiger partial charge in [0.2, 0.25) is 5.91 Å². The Hall–Kier alpha value is -2.00. The number of thiophene rings is 1. The largest absolute Gasteiger partial charge is 0.379 e. The van der Waals surface area contributed by atoms with Crippen LogP contribution in [0.2, 0.25) is 0 Å². The van der Waals surface area contributed by atoms with Crippen molar-refractivity contribution in [2.45, 2.75) is 42.7 Å². The number of aromatic nitrogens is 2. The number of benzene rings is 1. The maximum atomic E-state index is 12.8. The number of nitrogens with one attached hydrogen (secondary N) is 1. The molecule has 1 aliphatic carbocycles. The van der Waals surface area contributed by atoms with Gasteiger partial charge < -0.3 is 10.1 Å². The van der Waals surface area contributed by atoms with Crippen molar-refractivity contribution in [1.82, 2.24) is 20.2 Å². The molecule has 174 valence electrons. The number of hydrogen-bond donors (Lipinski definition) is 1. The molecule has 1 saturated heterocycles. The van der Waals surface area contributed by atoms with Crippen molar-refractivity contribution in [3.8, 4) is 10.4 Å². The molecular weight excluding hydrogens is 452 g/mol. The average molecular weight is 483 g/mol. The molecule has 0 bridgehead atoms. The van der Waals surface area contributed by atoms with E-state index in [-0.39, 0.29) is 11.4 Å². The minimum atomic E-state index is 0.0727. The number of amides is 1. The van der Waals surface area contributed by atoms with Gasteiger partial charge in [-0.3, -0.25) is 9.69 Å². The lowest BCUT2D eigenvalue weighted by Gasteiger charge is -2.48. The van der Waals surface area contributed by atoms with Crippen LogP contribution in [-0.2, 0) is 9.53 Å². The third-order valence-electron chi connectivity index (χ3n) is 6.77. The average Bonchev–Trinajstić information content (AvgIpc) is 3.33. The van der Waals surface area contributed by atoms with E-state index in [2.05, 4.69) is 38.4 Å². The predicted octanol–water partition coefficient (Wildman–Crippen LogP) is 4.60. The van der Waals surface area contributed by atoms with E-state index in [0.29, 0.717) is 5.75 Å². The van der Waals surface area contributed by atoms with E-state index >= 15 is 0 Å². The molecule has 0 unspecified atom stereocenters. The van der Waals surface area contributed by atoms with Crippen molar-refractivity contribution in [3.05, 3.63) is 42.7 Å². The zero-order valence-corrected chi connectivity index (χ0v) is 20.4. The monoisotopic (exact) mass is 482 g/mol. The third-order valence-corrected chi connectivity index (χ3v) is 8.87. The van der Waals surface area contributed by atoms with Gasteiger partial charge in [-0.05, 0) is 24.5 Å². The Morgan fingerprint density at radius 3 is 2.70 bits per heavy atom. The van der Waals surface area contributed by atoms with Crippen LogP contribution in [0, 0.1) is 0 Å². The van der Waals surface area contributed by atoms with Crippen LogP contribution in [0.5, 0.6) is 0 Å². The molecule has 1 aromatic carbocycles. The fraction of sp³-hybridized carbons (Fsp3) is 0.480. The molecule has 3 heterocycles. The molecule has 2 aliphatic rings. The van der Waals surface area contributed by atoms with Gasteiger partial charge >= 0.3 is 0 Å². The zero-order valence-electron chi connectivity index (χ0n) is 18.8. The second-order valence-electron chi connectivity index (χ2n) is 8.82. The number of carbonyl (C=O) groups is 1. The fourth-order valence-electron chi connectivity index (χ4n) is 4.99. The second kappa shape index (κ2) is 10.5. The van der Waals surface area contributed by atoms with Crippen molar-refractivity contribution >= 4 is 39.2 Å². The van der Waals surface area contributed by atoms with Gasteiger partial charge in [-0.25, -0.2) is 9.97 Å². The molecule has 2 fully saturated rings. The summed E-state index contributed by atoms with van der Waals surface area (Å²) in [5.74, 6) is 0.436. The van der Waals surface area contributed by atoms with Crippen molar-refractivity contribution in [3.63, 3.8) is 0 Å². The van der Waals surface area contributed by atoms with Crippen LogP contribution in [0.25, 0.3) is 20.7 Å². The summed E-state index contributed by atoms with van der Waals surface area (Å²) in [5, 5.41) is 5.15. The van der Waals surface area contributed by atoms with Gasteiger partial charge in [0, 0.05) is 35.4 Å². The molecule has 1 amide bonds. The summed E-state index contributed by atoms with van der Waals surface area (Å²) in [5.41, 5.74) is 1.26. The van der Waals surface area contributed by atoms with E-state index in [1.165, 1.54) is 41.5 Å². The van der Waals surface area contributed by atoms with Gasteiger partial charge in [0.1, 0.15) is 16.2 Å². The first-order chi connectivity index (χ1) is 16.2. The first-order valence-corrected chi connectivity index (χ1v) is 13.6. The third kappa shape index (κ3) is 5.24. The molecule has 8 heteroatoms. The number of rotatable bonds is 7. The number of carbonyl (C=O) groups excluding carboxylic acids is 1. The Morgan fingerprint density at radius 2 is 1.91 bits per heavy atom. The van der Waals surface area contributed by atoms with Crippen LogP contribution in [0.3, 0.4) is 0 Å². The van der Waals surface area contributed by atoms with Crippen LogP contribution in [-0.4, -0.2) is 64.9 Å². The lowest BCUT2D eigenvalue weighted by molar-refractivity contribution is -0.119. The first kappa shape index (κ1) is 22.8. The van der Waals surface area contributed by atoms with Crippen molar-refractivity contribution < 1.29 is 9.53 Å². The highest BCUT2D eigenvalue weighted by Gasteiger charge is 2.38. The summed E-state index contributed by atoms with van der Waals surface area (Å²) in [6, 6.07) is 12.5. The molecule has 5 rings (SSSR count). The second-order valence-corrected chi connectivity index (χ2v) is 10.8. The highest BCUT2D eigenvalue weighted by atomic mass is 32.2. The highest BCUT2D eigenvalue weighted by Crippen LogP contribution is 2.36. The standard InChI is InChI=1S/C25H30N4O2S2/c30-22(26-17-25(9-5-2-6-10-25)29-11-13-31-14-12-29)16-32-23-20-15-21(19-7-3-1-4-8-19)33-24(20)28-18-27-23/h1,3-4,7-8,15,18H,2,5-6,9-14,16-17H2,(H,26,30). The molecule has 2 aromatic heterocycles. The zero-order chi connectivity index (χ0) is 22.5. The number of nitrogens with zero attached hydrogens (tertiary/aromatic N) is 3. The normalized spacial score (nSPS) is 18.9. The summed E-state index contributed by atoms with van der Waals surface area (Å²) in [6.07, 6.45) is 7.69. The Morgan fingerprint density at radius 1 is 1.12 bits per heavy atom. The van der Waals surface area contributed by atoms with E-state index in [1.807, 2.05) is 18.2 Å².